The largest absolute Gasteiger partial charge is 0.506 e. The first-order valence-electron chi connectivity index (χ1n) is 9.96. The van der Waals surface area contributed by atoms with Crippen molar-refractivity contribution >= 4 is 40.2 Å². The van der Waals surface area contributed by atoms with Gasteiger partial charge in [0.05, 0.1) is 25.7 Å². The van der Waals surface area contributed by atoms with Crippen LogP contribution in [0.4, 0.5) is 11.4 Å². The molecule has 2 aromatic carbocycles. The molecule has 0 spiro atoms. The van der Waals surface area contributed by atoms with Gasteiger partial charge in [-0.1, -0.05) is 23.9 Å². The van der Waals surface area contributed by atoms with Crippen molar-refractivity contribution < 1.29 is 24.1 Å². The second kappa shape index (κ2) is 10.3. The van der Waals surface area contributed by atoms with Crippen molar-refractivity contribution in [1.82, 2.24) is 0 Å². The Hall–Kier alpha value is -3.39. The van der Waals surface area contributed by atoms with E-state index in [0.29, 0.717) is 27.1 Å². The molecule has 0 atom stereocenters. The predicted octanol–water partition coefficient (Wildman–Crippen LogP) is 4.96. The van der Waals surface area contributed by atoms with E-state index in [1.165, 1.54) is 18.9 Å². The van der Waals surface area contributed by atoms with Crippen LogP contribution >= 0.6 is 11.8 Å². The first-order valence-corrected chi connectivity index (χ1v) is 10.8. The Morgan fingerprint density at radius 1 is 1.12 bits per heavy atom. The van der Waals surface area contributed by atoms with E-state index in [1.807, 2.05) is 49.3 Å². The normalized spacial score (nSPS) is 15.9. The summed E-state index contributed by atoms with van der Waals surface area (Å²) < 4.78 is 15.8. The van der Waals surface area contributed by atoms with Crippen molar-refractivity contribution in [2.45, 2.75) is 6.92 Å². The summed E-state index contributed by atoms with van der Waals surface area (Å²) in [5, 5.41) is 11.2. The summed E-state index contributed by atoms with van der Waals surface area (Å²) in [4.78, 5) is 19.7. The maximum absolute atomic E-state index is 12.6. The molecule has 0 amide bonds. The highest BCUT2D eigenvalue weighted by Crippen LogP contribution is 2.42. The van der Waals surface area contributed by atoms with E-state index < -0.39 is 5.97 Å². The predicted molar refractivity (Wildman–Crippen MR) is 129 cm³/mol. The number of methoxy groups -OCH3 is 2. The Balaban J connectivity index is 2.03. The molecule has 3 rings (SSSR count). The Morgan fingerprint density at radius 2 is 1.84 bits per heavy atom. The average molecular weight is 455 g/mol. The quantitative estimate of drug-likeness (QED) is 0.592. The van der Waals surface area contributed by atoms with E-state index in [1.54, 1.807) is 32.2 Å². The molecular weight excluding hydrogens is 428 g/mol. The lowest BCUT2D eigenvalue weighted by Gasteiger charge is -2.11. The minimum atomic E-state index is -0.630. The monoisotopic (exact) mass is 454 g/mol. The minimum absolute atomic E-state index is 0.0332. The maximum Gasteiger partial charge on any atom is 0.344 e. The highest BCUT2D eigenvalue weighted by molar-refractivity contribution is 8.18. The van der Waals surface area contributed by atoms with Crippen LogP contribution in [0.2, 0.25) is 0 Å². The smallest absolute Gasteiger partial charge is 0.344 e. The fourth-order valence-electron chi connectivity index (χ4n) is 3.00. The number of ether oxygens (including phenoxy) is 3. The number of hydrogen-bond acceptors (Lipinski definition) is 8. The SMILES string of the molecule is CCOC(=O)C1=C(O)/C(=C\c2ccc(N(C)C)cc2)SC1=Nc1ccc(OC)cc1OC. The molecule has 0 radical (unpaired) electrons. The molecule has 0 bridgehead atoms. The molecule has 168 valence electrons. The molecule has 7 nitrogen and oxygen atoms in total. The second-order valence-electron chi connectivity index (χ2n) is 7.00. The fourth-order valence-corrected chi connectivity index (χ4v) is 4.03. The Morgan fingerprint density at radius 3 is 2.44 bits per heavy atom. The highest BCUT2D eigenvalue weighted by atomic mass is 32.2. The third-order valence-electron chi connectivity index (χ3n) is 4.69. The molecule has 0 aromatic heterocycles. The molecule has 1 aliphatic heterocycles. The summed E-state index contributed by atoms with van der Waals surface area (Å²) in [6.45, 7) is 1.90. The van der Waals surface area contributed by atoms with E-state index in [2.05, 4.69) is 4.99 Å². The van der Waals surface area contributed by atoms with Crippen molar-refractivity contribution in [1.29, 1.82) is 0 Å². The van der Waals surface area contributed by atoms with E-state index in [0.717, 1.165) is 11.3 Å². The number of aliphatic hydroxyl groups excluding tert-OH is 1. The second-order valence-corrected chi connectivity index (χ2v) is 8.03. The van der Waals surface area contributed by atoms with Gasteiger partial charge in [-0.25, -0.2) is 9.79 Å². The molecule has 0 fully saturated rings. The molecule has 32 heavy (non-hydrogen) atoms. The van der Waals surface area contributed by atoms with Crippen LogP contribution < -0.4 is 14.4 Å². The lowest BCUT2D eigenvalue weighted by atomic mass is 10.1. The lowest BCUT2D eigenvalue weighted by molar-refractivity contribution is -0.138. The number of carbonyl (C=O) groups excluding carboxylic acids is 1. The molecular formula is C24H26N2O5S. The van der Waals surface area contributed by atoms with Crippen LogP contribution in [0.5, 0.6) is 11.5 Å². The first-order chi connectivity index (χ1) is 15.4. The number of thioether (sulfide) groups is 1. The topological polar surface area (TPSA) is 80.6 Å². The molecule has 2 aromatic rings. The Labute approximate surface area is 192 Å². The number of esters is 1. The van der Waals surface area contributed by atoms with Gasteiger partial charge >= 0.3 is 5.97 Å². The van der Waals surface area contributed by atoms with Gasteiger partial charge in [-0.15, -0.1) is 0 Å². The molecule has 8 heteroatoms. The van der Waals surface area contributed by atoms with Gasteiger partial charge in [-0.05, 0) is 42.8 Å². The number of carbonyl (C=O) groups is 1. The van der Waals surface area contributed by atoms with Crippen LogP contribution in [0.25, 0.3) is 6.08 Å². The molecule has 0 unspecified atom stereocenters. The van der Waals surface area contributed by atoms with Gasteiger partial charge in [0.25, 0.3) is 0 Å². The van der Waals surface area contributed by atoms with Crippen LogP contribution in [-0.2, 0) is 9.53 Å². The first kappa shape index (κ1) is 23.3. The Bertz CT molecular complexity index is 1090. The van der Waals surface area contributed by atoms with Crippen LogP contribution in [0.1, 0.15) is 12.5 Å². The third-order valence-corrected chi connectivity index (χ3v) is 5.71. The van der Waals surface area contributed by atoms with Crippen LogP contribution in [0, 0.1) is 0 Å². The third kappa shape index (κ3) is 5.08. The number of benzene rings is 2. The zero-order valence-electron chi connectivity index (χ0n) is 18.7. The van der Waals surface area contributed by atoms with Crippen molar-refractivity contribution in [2.75, 3.05) is 39.8 Å². The van der Waals surface area contributed by atoms with Crippen LogP contribution in [0.3, 0.4) is 0 Å². The number of aliphatic hydroxyl groups is 1. The van der Waals surface area contributed by atoms with Crippen molar-refractivity contribution in [3.05, 3.63) is 64.3 Å². The van der Waals surface area contributed by atoms with Crippen molar-refractivity contribution in [3.8, 4) is 11.5 Å². The number of nitrogens with zero attached hydrogens (tertiary/aromatic N) is 2. The molecule has 0 saturated carbocycles. The van der Waals surface area contributed by atoms with Gasteiger partial charge in [0.2, 0.25) is 0 Å². The zero-order chi connectivity index (χ0) is 23.3. The lowest BCUT2D eigenvalue weighted by Crippen LogP contribution is -2.12. The fraction of sp³-hybridized carbons (Fsp3) is 0.250. The van der Waals surface area contributed by atoms with Gasteiger partial charge in [0.1, 0.15) is 33.6 Å². The molecule has 1 aliphatic rings. The Kier molecular flexibility index (Phi) is 7.48. The maximum atomic E-state index is 12.6. The average Bonchev–Trinajstić information content (AvgIpc) is 3.09. The molecule has 0 aliphatic carbocycles. The van der Waals surface area contributed by atoms with Gasteiger partial charge in [-0.3, -0.25) is 0 Å². The van der Waals surface area contributed by atoms with E-state index >= 15 is 0 Å². The van der Waals surface area contributed by atoms with Gasteiger partial charge in [0, 0.05) is 25.8 Å². The zero-order valence-corrected chi connectivity index (χ0v) is 19.5. The van der Waals surface area contributed by atoms with Gasteiger partial charge < -0.3 is 24.2 Å². The summed E-state index contributed by atoms with van der Waals surface area (Å²) in [5.41, 5.74) is 2.48. The number of anilines is 1. The number of hydrogen-bond donors (Lipinski definition) is 1. The van der Waals surface area contributed by atoms with E-state index in [4.69, 9.17) is 14.2 Å². The summed E-state index contributed by atoms with van der Waals surface area (Å²) in [6.07, 6.45) is 1.81. The van der Waals surface area contributed by atoms with E-state index in [9.17, 15) is 9.90 Å². The van der Waals surface area contributed by atoms with Crippen molar-refractivity contribution in [3.63, 3.8) is 0 Å². The highest BCUT2D eigenvalue weighted by Gasteiger charge is 2.33. The summed E-state index contributed by atoms with van der Waals surface area (Å²) in [6, 6.07) is 13.0. The summed E-state index contributed by atoms with van der Waals surface area (Å²) in [7, 11) is 7.03. The minimum Gasteiger partial charge on any atom is -0.506 e. The number of rotatable bonds is 7. The van der Waals surface area contributed by atoms with E-state index in [-0.39, 0.29) is 17.9 Å². The standard InChI is InChI=1S/C24H26N2O5S/c1-6-31-24(28)21-22(27)20(13-15-7-9-16(10-8-15)26(2)3)32-23(21)25-18-12-11-17(29-4)14-19(18)30-5/h7-14,27H,6H2,1-5H3/b20-13+,25-23?. The van der Waals surface area contributed by atoms with Crippen LogP contribution in [0.15, 0.2) is 63.7 Å². The van der Waals surface area contributed by atoms with Gasteiger partial charge in [-0.2, -0.15) is 0 Å². The number of aliphatic imine (C=N–C) groups is 1. The van der Waals surface area contributed by atoms with Gasteiger partial charge in [0.15, 0.2) is 0 Å². The molecule has 1 heterocycles. The summed E-state index contributed by atoms with van der Waals surface area (Å²) >= 11 is 1.20. The van der Waals surface area contributed by atoms with Crippen LogP contribution in [-0.4, -0.2) is 51.0 Å². The summed E-state index contributed by atoms with van der Waals surface area (Å²) in [5.74, 6) is 0.318. The molecule has 0 saturated heterocycles. The van der Waals surface area contributed by atoms with Crippen molar-refractivity contribution in [2.24, 2.45) is 4.99 Å². The molecule has 1 N–H and O–H groups in total.